The van der Waals surface area contributed by atoms with Gasteiger partial charge in [-0.2, -0.15) is 8.78 Å². The lowest BCUT2D eigenvalue weighted by molar-refractivity contribution is -0.119. The van der Waals surface area contributed by atoms with Gasteiger partial charge >= 0.3 is 5.97 Å². The molecule has 0 aliphatic carbocycles. The zero-order chi connectivity index (χ0) is 18.4. The molecule has 1 aromatic carbocycles. The molecular formula is C17H16F2N2O3S. The van der Waals surface area contributed by atoms with Crippen molar-refractivity contribution < 1.29 is 23.1 Å². The molecule has 1 heterocycles. The molecule has 0 radical (unpaired) electrons. The Morgan fingerprint density at radius 2 is 2.00 bits per heavy atom. The zero-order valence-electron chi connectivity index (χ0n) is 13.6. The SMILES string of the molecule is Cc1cccc(NC(=O)COC(=O)c2cccnc2SC(F)F)c1C. The summed E-state index contributed by atoms with van der Waals surface area (Å²) in [7, 11) is 0. The summed E-state index contributed by atoms with van der Waals surface area (Å²) in [5.41, 5.74) is 2.44. The van der Waals surface area contributed by atoms with Gasteiger partial charge in [-0.25, -0.2) is 9.78 Å². The number of pyridine rings is 1. The monoisotopic (exact) mass is 366 g/mol. The Hall–Kier alpha value is -2.48. The van der Waals surface area contributed by atoms with Crippen molar-refractivity contribution in [2.75, 3.05) is 11.9 Å². The predicted molar refractivity (Wildman–Crippen MR) is 90.9 cm³/mol. The number of carbonyl (C=O) groups is 2. The van der Waals surface area contributed by atoms with E-state index in [-0.39, 0.29) is 22.4 Å². The summed E-state index contributed by atoms with van der Waals surface area (Å²) in [6.45, 7) is 3.25. The molecule has 0 atom stereocenters. The molecule has 132 valence electrons. The minimum atomic E-state index is -2.71. The van der Waals surface area contributed by atoms with Crippen molar-refractivity contribution in [2.45, 2.75) is 24.6 Å². The van der Waals surface area contributed by atoms with Crippen molar-refractivity contribution in [3.05, 3.63) is 53.2 Å². The number of anilines is 1. The third-order valence-corrected chi connectivity index (χ3v) is 4.13. The average Bonchev–Trinajstić information content (AvgIpc) is 2.57. The third kappa shape index (κ3) is 5.25. The molecule has 1 N–H and O–H groups in total. The van der Waals surface area contributed by atoms with Crippen molar-refractivity contribution in [1.29, 1.82) is 0 Å². The van der Waals surface area contributed by atoms with E-state index in [0.717, 1.165) is 11.1 Å². The van der Waals surface area contributed by atoms with E-state index in [1.54, 1.807) is 12.1 Å². The summed E-state index contributed by atoms with van der Waals surface area (Å²) in [5.74, 6) is -4.12. The molecule has 0 saturated carbocycles. The highest BCUT2D eigenvalue weighted by Gasteiger charge is 2.19. The van der Waals surface area contributed by atoms with Gasteiger partial charge in [-0.3, -0.25) is 4.79 Å². The maximum Gasteiger partial charge on any atom is 0.341 e. The van der Waals surface area contributed by atoms with Crippen LogP contribution in [0.1, 0.15) is 21.5 Å². The zero-order valence-corrected chi connectivity index (χ0v) is 14.4. The van der Waals surface area contributed by atoms with Crippen LogP contribution in [0, 0.1) is 13.8 Å². The number of alkyl halides is 2. The van der Waals surface area contributed by atoms with Gasteiger partial charge < -0.3 is 10.1 Å². The van der Waals surface area contributed by atoms with Gasteiger partial charge in [0.1, 0.15) is 5.03 Å². The maximum atomic E-state index is 12.5. The quantitative estimate of drug-likeness (QED) is 0.622. The molecule has 8 heteroatoms. The van der Waals surface area contributed by atoms with E-state index < -0.39 is 24.2 Å². The second kappa shape index (κ2) is 8.57. The Morgan fingerprint density at radius 1 is 1.24 bits per heavy atom. The van der Waals surface area contributed by atoms with Crippen LogP contribution in [0.4, 0.5) is 14.5 Å². The van der Waals surface area contributed by atoms with Crippen LogP contribution in [0.3, 0.4) is 0 Å². The fraction of sp³-hybridized carbons (Fsp3) is 0.235. The van der Waals surface area contributed by atoms with Crippen LogP contribution in [0.15, 0.2) is 41.6 Å². The van der Waals surface area contributed by atoms with Crippen molar-refractivity contribution in [1.82, 2.24) is 4.98 Å². The molecule has 1 aromatic heterocycles. The topological polar surface area (TPSA) is 68.3 Å². The van der Waals surface area contributed by atoms with E-state index >= 15 is 0 Å². The average molecular weight is 366 g/mol. The largest absolute Gasteiger partial charge is 0.452 e. The molecule has 1 amide bonds. The molecule has 0 bridgehead atoms. The molecule has 5 nitrogen and oxygen atoms in total. The number of carbonyl (C=O) groups excluding carboxylic acids is 2. The molecule has 0 saturated heterocycles. The number of rotatable bonds is 6. The van der Waals surface area contributed by atoms with Gasteiger partial charge in [-0.1, -0.05) is 12.1 Å². The first-order chi connectivity index (χ1) is 11.9. The Morgan fingerprint density at radius 3 is 2.72 bits per heavy atom. The number of hydrogen-bond donors (Lipinski definition) is 1. The summed E-state index contributed by atoms with van der Waals surface area (Å²) < 4.78 is 29.9. The second-order valence-corrected chi connectivity index (χ2v) is 6.09. The van der Waals surface area contributed by atoms with Crippen molar-refractivity contribution in [3.63, 3.8) is 0 Å². The van der Waals surface area contributed by atoms with E-state index in [0.29, 0.717) is 5.69 Å². The third-order valence-electron chi connectivity index (χ3n) is 3.40. The van der Waals surface area contributed by atoms with Gasteiger partial charge in [0.2, 0.25) is 0 Å². The van der Waals surface area contributed by atoms with Gasteiger partial charge in [0.15, 0.2) is 6.61 Å². The summed E-state index contributed by atoms with van der Waals surface area (Å²) in [5, 5.41) is 2.51. The van der Waals surface area contributed by atoms with E-state index in [1.807, 2.05) is 19.9 Å². The van der Waals surface area contributed by atoms with Crippen LogP contribution in [-0.4, -0.2) is 29.2 Å². The summed E-state index contributed by atoms with van der Waals surface area (Å²) >= 11 is 0.148. The van der Waals surface area contributed by atoms with Crippen molar-refractivity contribution >= 4 is 29.3 Å². The normalized spacial score (nSPS) is 10.6. The number of esters is 1. The fourth-order valence-corrected chi connectivity index (χ4v) is 2.57. The number of ether oxygens (including phenoxy) is 1. The number of amides is 1. The second-order valence-electron chi connectivity index (χ2n) is 5.11. The predicted octanol–water partition coefficient (Wildman–Crippen LogP) is 3.81. The van der Waals surface area contributed by atoms with Gasteiger partial charge in [-0.05, 0) is 54.9 Å². The van der Waals surface area contributed by atoms with Crippen LogP contribution in [-0.2, 0) is 9.53 Å². The Balaban J connectivity index is 1.98. The summed E-state index contributed by atoms with van der Waals surface area (Å²) in [4.78, 5) is 27.7. The first-order valence-corrected chi connectivity index (χ1v) is 8.19. The van der Waals surface area contributed by atoms with Crippen LogP contribution >= 0.6 is 11.8 Å². The molecule has 0 fully saturated rings. The molecule has 0 aliphatic rings. The number of aromatic nitrogens is 1. The maximum absolute atomic E-state index is 12.5. The van der Waals surface area contributed by atoms with Gasteiger partial charge in [0, 0.05) is 11.9 Å². The molecule has 0 unspecified atom stereocenters. The lowest BCUT2D eigenvalue weighted by atomic mass is 10.1. The van der Waals surface area contributed by atoms with Crippen LogP contribution < -0.4 is 5.32 Å². The minimum Gasteiger partial charge on any atom is -0.452 e. The Labute approximate surface area is 147 Å². The van der Waals surface area contributed by atoms with Crippen LogP contribution in [0.25, 0.3) is 0 Å². The molecule has 25 heavy (non-hydrogen) atoms. The Kier molecular flexibility index (Phi) is 6.46. The number of nitrogens with one attached hydrogen (secondary N) is 1. The molecule has 2 rings (SSSR count). The van der Waals surface area contributed by atoms with E-state index in [2.05, 4.69) is 10.3 Å². The van der Waals surface area contributed by atoms with Crippen LogP contribution in [0.5, 0.6) is 0 Å². The van der Waals surface area contributed by atoms with Crippen LogP contribution in [0.2, 0.25) is 0 Å². The number of thioether (sulfide) groups is 1. The first kappa shape index (κ1) is 18.9. The highest BCUT2D eigenvalue weighted by atomic mass is 32.2. The molecule has 2 aromatic rings. The Bertz CT molecular complexity index is 784. The van der Waals surface area contributed by atoms with E-state index in [4.69, 9.17) is 4.74 Å². The number of hydrogen-bond acceptors (Lipinski definition) is 5. The number of aryl methyl sites for hydroxylation is 1. The number of benzene rings is 1. The van der Waals surface area contributed by atoms with Crippen molar-refractivity contribution in [3.8, 4) is 0 Å². The lowest BCUT2D eigenvalue weighted by Crippen LogP contribution is -2.21. The summed E-state index contributed by atoms with van der Waals surface area (Å²) in [6, 6.07) is 8.20. The summed E-state index contributed by atoms with van der Waals surface area (Å²) in [6.07, 6.45) is 1.30. The smallest absolute Gasteiger partial charge is 0.341 e. The van der Waals surface area contributed by atoms with Gasteiger partial charge in [0.05, 0.1) is 5.56 Å². The standard InChI is InChI=1S/C17H16F2N2O3S/c1-10-5-3-7-13(11(10)2)21-14(22)9-24-16(23)12-6-4-8-20-15(12)25-17(18)19/h3-8,17H,9H2,1-2H3,(H,21,22). The van der Waals surface area contributed by atoms with Gasteiger partial charge in [-0.15, -0.1) is 0 Å². The first-order valence-electron chi connectivity index (χ1n) is 7.31. The van der Waals surface area contributed by atoms with Crippen molar-refractivity contribution in [2.24, 2.45) is 0 Å². The highest BCUT2D eigenvalue weighted by molar-refractivity contribution is 7.99. The lowest BCUT2D eigenvalue weighted by Gasteiger charge is -2.11. The fourth-order valence-electron chi connectivity index (χ4n) is 2.01. The van der Waals surface area contributed by atoms with E-state index in [1.165, 1.54) is 18.3 Å². The molecule has 0 spiro atoms. The number of nitrogens with zero attached hydrogens (tertiary/aromatic N) is 1. The number of halogens is 2. The van der Waals surface area contributed by atoms with Gasteiger partial charge in [0.25, 0.3) is 11.7 Å². The molecular weight excluding hydrogens is 350 g/mol. The highest BCUT2D eigenvalue weighted by Crippen LogP contribution is 2.26. The molecule has 0 aliphatic heterocycles. The minimum absolute atomic E-state index is 0.104. The van der Waals surface area contributed by atoms with E-state index in [9.17, 15) is 18.4 Å².